The molecule has 2 N–H and O–H groups in total. The summed E-state index contributed by atoms with van der Waals surface area (Å²) in [7, 11) is 1.66. The molecule has 0 aliphatic rings. The molecule has 0 aliphatic carbocycles. The molecule has 5 heteroatoms. The molecule has 0 amide bonds. The number of unbranched alkanes of at least 4 members (excludes halogenated alkanes) is 1. The molecule has 2 atom stereocenters. The maximum Gasteiger partial charge on any atom is 0.320 e. The van der Waals surface area contributed by atoms with Gasteiger partial charge in [-0.05, 0) is 13.5 Å². The Morgan fingerprint density at radius 2 is 1.81 bits per heavy atom. The van der Waals surface area contributed by atoms with Gasteiger partial charge in [-0.15, -0.1) is 0 Å². The van der Waals surface area contributed by atoms with Crippen molar-refractivity contribution in [2.45, 2.75) is 39.2 Å². The van der Waals surface area contributed by atoms with Crippen molar-refractivity contribution in [3.8, 4) is 0 Å². The van der Waals surface area contributed by atoms with Crippen molar-refractivity contribution >= 4 is 11.9 Å². The van der Waals surface area contributed by atoms with Gasteiger partial charge in [-0.1, -0.05) is 26.7 Å². The van der Waals surface area contributed by atoms with E-state index in [9.17, 15) is 9.59 Å². The van der Waals surface area contributed by atoms with Crippen LogP contribution in [0.15, 0.2) is 0 Å². The van der Waals surface area contributed by atoms with Gasteiger partial charge in [0.1, 0.15) is 6.04 Å². The van der Waals surface area contributed by atoms with Crippen LogP contribution in [0, 0.1) is 5.92 Å². The number of aliphatic carboxylic acids is 2. The van der Waals surface area contributed by atoms with Gasteiger partial charge < -0.3 is 10.2 Å². The maximum atomic E-state index is 11.0. The lowest BCUT2D eigenvalue weighted by molar-refractivity contribution is -0.146. The van der Waals surface area contributed by atoms with Crippen LogP contribution in [-0.2, 0) is 9.59 Å². The zero-order valence-corrected chi connectivity index (χ0v) is 10.1. The number of carboxylic acid groups (broad SMARTS) is 2. The fourth-order valence-corrected chi connectivity index (χ4v) is 1.57. The van der Waals surface area contributed by atoms with Crippen LogP contribution >= 0.6 is 0 Å². The maximum absolute atomic E-state index is 11.0. The summed E-state index contributed by atoms with van der Waals surface area (Å²) in [6.45, 7) is 3.84. The monoisotopic (exact) mass is 231 g/mol. The topological polar surface area (TPSA) is 77.8 Å². The van der Waals surface area contributed by atoms with Crippen LogP contribution in [0.4, 0.5) is 0 Å². The van der Waals surface area contributed by atoms with Crippen molar-refractivity contribution in [1.29, 1.82) is 0 Å². The highest BCUT2D eigenvalue weighted by molar-refractivity contribution is 5.73. The summed E-state index contributed by atoms with van der Waals surface area (Å²) < 4.78 is 0. The molecule has 5 nitrogen and oxygen atoms in total. The average Bonchev–Trinajstić information content (AvgIpc) is 2.17. The van der Waals surface area contributed by atoms with E-state index < -0.39 is 23.9 Å². The predicted octanol–water partition coefficient (Wildman–Crippen LogP) is 1.28. The lowest BCUT2D eigenvalue weighted by Crippen LogP contribution is -2.41. The summed E-state index contributed by atoms with van der Waals surface area (Å²) >= 11 is 0. The molecule has 0 aromatic rings. The van der Waals surface area contributed by atoms with E-state index in [-0.39, 0.29) is 6.54 Å². The van der Waals surface area contributed by atoms with E-state index in [0.717, 1.165) is 12.8 Å². The second-order valence-corrected chi connectivity index (χ2v) is 4.18. The standard InChI is InChI=1S/C11H21NO4/c1-4-5-6-9(11(15)16)12(3)7-8(2)10(13)14/h8-9H,4-7H2,1-3H3,(H,13,14)(H,15,16). The number of hydrogen-bond donors (Lipinski definition) is 2. The fraction of sp³-hybridized carbons (Fsp3) is 0.818. The summed E-state index contributed by atoms with van der Waals surface area (Å²) in [5, 5.41) is 17.8. The summed E-state index contributed by atoms with van der Waals surface area (Å²) in [6, 6.07) is -0.582. The van der Waals surface area contributed by atoms with E-state index in [1.54, 1.807) is 18.9 Å². The van der Waals surface area contributed by atoms with Gasteiger partial charge in [0, 0.05) is 6.54 Å². The molecule has 0 saturated heterocycles. The van der Waals surface area contributed by atoms with Crippen LogP contribution in [0.2, 0.25) is 0 Å². The molecule has 0 aromatic carbocycles. The SMILES string of the molecule is CCCCC(C(=O)O)N(C)CC(C)C(=O)O. The van der Waals surface area contributed by atoms with Crippen molar-refractivity contribution in [3.63, 3.8) is 0 Å². The van der Waals surface area contributed by atoms with E-state index in [4.69, 9.17) is 10.2 Å². The van der Waals surface area contributed by atoms with Crippen LogP contribution in [-0.4, -0.2) is 46.7 Å². The highest BCUT2D eigenvalue weighted by atomic mass is 16.4. The van der Waals surface area contributed by atoms with Crippen LogP contribution in [0.1, 0.15) is 33.1 Å². The Morgan fingerprint density at radius 1 is 1.25 bits per heavy atom. The minimum Gasteiger partial charge on any atom is -0.481 e. The summed E-state index contributed by atoms with van der Waals surface area (Å²) in [6.07, 6.45) is 2.34. The van der Waals surface area contributed by atoms with Crippen LogP contribution in [0.3, 0.4) is 0 Å². The van der Waals surface area contributed by atoms with Gasteiger partial charge in [-0.3, -0.25) is 14.5 Å². The molecule has 0 saturated carbocycles. The first-order chi connectivity index (χ1) is 7.40. The van der Waals surface area contributed by atoms with Crippen molar-refractivity contribution in [3.05, 3.63) is 0 Å². The molecule has 0 radical (unpaired) electrons. The Kier molecular flexibility index (Phi) is 6.72. The average molecular weight is 231 g/mol. The van der Waals surface area contributed by atoms with E-state index in [2.05, 4.69) is 0 Å². The summed E-state index contributed by atoms with van der Waals surface area (Å²) in [5.41, 5.74) is 0. The van der Waals surface area contributed by atoms with Gasteiger partial charge in [0.05, 0.1) is 5.92 Å². The summed E-state index contributed by atoms with van der Waals surface area (Å²) in [5.74, 6) is -2.33. The zero-order chi connectivity index (χ0) is 12.7. The molecule has 0 aliphatic heterocycles. The number of rotatable bonds is 8. The first-order valence-electron chi connectivity index (χ1n) is 5.56. The van der Waals surface area contributed by atoms with Crippen molar-refractivity contribution < 1.29 is 19.8 Å². The molecule has 0 bridgehead atoms. The smallest absolute Gasteiger partial charge is 0.320 e. The number of carboxylic acids is 2. The fourth-order valence-electron chi connectivity index (χ4n) is 1.57. The van der Waals surface area contributed by atoms with Gasteiger partial charge in [0.2, 0.25) is 0 Å². The van der Waals surface area contributed by atoms with Gasteiger partial charge in [-0.2, -0.15) is 0 Å². The van der Waals surface area contributed by atoms with E-state index in [0.29, 0.717) is 6.42 Å². The minimum atomic E-state index is -0.897. The molecule has 94 valence electrons. The highest BCUT2D eigenvalue weighted by Gasteiger charge is 2.24. The molecule has 0 fully saturated rings. The first kappa shape index (κ1) is 14.9. The van der Waals surface area contributed by atoms with Crippen molar-refractivity contribution in [2.75, 3.05) is 13.6 Å². The Labute approximate surface area is 96.1 Å². The molecule has 0 heterocycles. The summed E-state index contributed by atoms with van der Waals surface area (Å²) in [4.78, 5) is 23.3. The van der Waals surface area contributed by atoms with Crippen LogP contribution < -0.4 is 0 Å². The van der Waals surface area contributed by atoms with Gasteiger partial charge >= 0.3 is 11.9 Å². The van der Waals surface area contributed by atoms with Crippen LogP contribution in [0.25, 0.3) is 0 Å². The molecular weight excluding hydrogens is 210 g/mol. The number of nitrogens with zero attached hydrogens (tertiary/aromatic N) is 1. The minimum absolute atomic E-state index is 0.260. The van der Waals surface area contributed by atoms with Gasteiger partial charge in [-0.25, -0.2) is 0 Å². The predicted molar refractivity (Wildman–Crippen MR) is 60.4 cm³/mol. The van der Waals surface area contributed by atoms with Crippen molar-refractivity contribution in [2.24, 2.45) is 5.92 Å². The second-order valence-electron chi connectivity index (χ2n) is 4.18. The quantitative estimate of drug-likeness (QED) is 0.658. The number of hydrogen-bond acceptors (Lipinski definition) is 3. The third kappa shape index (κ3) is 5.11. The Balaban J connectivity index is 4.32. The van der Waals surface area contributed by atoms with Gasteiger partial charge in [0.25, 0.3) is 0 Å². The van der Waals surface area contributed by atoms with E-state index in [1.807, 2.05) is 6.92 Å². The molecule has 0 aromatic heterocycles. The third-order valence-electron chi connectivity index (χ3n) is 2.63. The van der Waals surface area contributed by atoms with Gasteiger partial charge in [0.15, 0.2) is 0 Å². The van der Waals surface area contributed by atoms with E-state index in [1.165, 1.54) is 0 Å². The van der Waals surface area contributed by atoms with Crippen LogP contribution in [0.5, 0.6) is 0 Å². The Bertz CT molecular complexity index is 242. The lowest BCUT2D eigenvalue weighted by atomic mass is 10.1. The molecular formula is C11H21NO4. The molecule has 2 unspecified atom stereocenters. The highest BCUT2D eigenvalue weighted by Crippen LogP contribution is 2.10. The Hall–Kier alpha value is -1.10. The first-order valence-corrected chi connectivity index (χ1v) is 5.56. The zero-order valence-electron chi connectivity index (χ0n) is 10.1. The normalized spacial score (nSPS) is 14.8. The lowest BCUT2D eigenvalue weighted by Gasteiger charge is -2.25. The molecule has 0 spiro atoms. The van der Waals surface area contributed by atoms with Crippen molar-refractivity contribution in [1.82, 2.24) is 4.90 Å². The molecule has 16 heavy (non-hydrogen) atoms. The third-order valence-corrected chi connectivity index (χ3v) is 2.63. The Morgan fingerprint density at radius 3 is 2.19 bits per heavy atom. The number of likely N-dealkylation sites (N-methyl/N-ethyl adjacent to an activating group) is 1. The van der Waals surface area contributed by atoms with E-state index >= 15 is 0 Å². The number of carbonyl (C=O) groups is 2. The molecule has 0 rings (SSSR count). The second kappa shape index (κ2) is 7.22. The largest absolute Gasteiger partial charge is 0.481 e.